The van der Waals surface area contributed by atoms with Crippen molar-refractivity contribution in [2.45, 2.75) is 25.4 Å². The molecule has 0 spiro atoms. The Hall–Kier alpha value is -2.86. The zero-order valence-corrected chi connectivity index (χ0v) is 16.7. The first kappa shape index (κ1) is 20.4. The highest BCUT2D eigenvalue weighted by Gasteiger charge is 2.38. The Bertz CT molecular complexity index is 942. The normalized spacial score (nSPS) is 17.9. The molecule has 0 bridgehead atoms. The molecule has 158 valence electrons. The summed E-state index contributed by atoms with van der Waals surface area (Å²) in [6.07, 6.45) is -1.51. The summed E-state index contributed by atoms with van der Waals surface area (Å²) in [5.41, 5.74) is 1.46. The van der Waals surface area contributed by atoms with Gasteiger partial charge in [0.1, 0.15) is 17.5 Å². The molecule has 4 heterocycles. The summed E-state index contributed by atoms with van der Waals surface area (Å²) in [6.45, 7) is 3.90. The standard InChI is InChI=1S/C21H23F3N6/c1-2-14-9-30(10-14)20-7-16(17-11-29(12-17)13-21(22,23)24)6-19(28-20)27-18-5-15(8-25)3-4-26-18/h3-7,14,17H,2,9-13H2,1H3,(H,26,27,28). The van der Waals surface area contributed by atoms with Crippen molar-refractivity contribution in [3.05, 3.63) is 41.6 Å². The van der Waals surface area contributed by atoms with Gasteiger partial charge in [0, 0.05) is 38.3 Å². The fourth-order valence-electron chi connectivity index (χ4n) is 3.88. The first-order valence-electron chi connectivity index (χ1n) is 10.0. The van der Waals surface area contributed by atoms with E-state index in [0.717, 1.165) is 30.9 Å². The van der Waals surface area contributed by atoms with Crippen molar-refractivity contribution in [1.82, 2.24) is 14.9 Å². The summed E-state index contributed by atoms with van der Waals surface area (Å²) in [4.78, 5) is 12.5. The van der Waals surface area contributed by atoms with Gasteiger partial charge in [-0.2, -0.15) is 18.4 Å². The van der Waals surface area contributed by atoms with E-state index >= 15 is 0 Å². The number of hydrogen-bond acceptors (Lipinski definition) is 6. The van der Waals surface area contributed by atoms with E-state index in [1.54, 1.807) is 18.3 Å². The van der Waals surface area contributed by atoms with Gasteiger partial charge in [-0.15, -0.1) is 0 Å². The number of alkyl halides is 3. The van der Waals surface area contributed by atoms with E-state index in [9.17, 15) is 13.2 Å². The van der Waals surface area contributed by atoms with Gasteiger partial charge >= 0.3 is 6.18 Å². The number of aromatic nitrogens is 2. The average molecular weight is 416 g/mol. The predicted molar refractivity (Wildman–Crippen MR) is 108 cm³/mol. The van der Waals surface area contributed by atoms with Gasteiger partial charge < -0.3 is 10.2 Å². The fraction of sp³-hybridized carbons (Fsp3) is 0.476. The molecule has 30 heavy (non-hydrogen) atoms. The number of hydrogen-bond donors (Lipinski definition) is 1. The molecule has 2 fully saturated rings. The maximum atomic E-state index is 12.6. The predicted octanol–water partition coefficient (Wildman–Crippen LogP) is 3.90. The lowest BCUT2D eigenvalue weighted by Gasteiger charge is -2.42. The van der Waals surface area contributed by atoms with Gasteiger partial charge in [0.2, 0.25) is 0 Å². The van der Waals surface area contributed by atoms with Crippen molar-refractivity contribution in [3.63, 3.8) is 0 Å². The molecule has 0 aliphatic carbocycles. The van der Waals surface area contributed by atoms with E-state index < -0.39 is 12.7 Å². The van der Waals surface area contributed by atoms with Gasteiger partial charge in [0.15, 0.2) is 0 Å². The highest BCUT2D eigenvalue weighted by molar-refractivity contribution is 5.59. The minimum absolute atomic E-state index is 0.0382. The molecule has 2 aliphatic heterocycles. The van der Waals surface area contributed by atoms with E-state index in [1.165, 1.54) is 4.90 Å². The highest BCUT2D eigenvalue weighted by atomic mass is 19.4. The minimum Gasteiger partial charge on any atom is -0.356 e. The molecule has 0 atom stereocenters. The molecule has 9 heteroatoms. The van der Waals surface area contributed by atoms with Gasteiger partial charge in [-0.25, -0.2) is 9.97 Å². The maximum Gasteiger partial charge on any atom is 0.401 e. The zero-order valence-electron chi connectivity index (χ0n) is 16.7. The smallest absolute Gasteiger partial charge is 0.356 e. The van der Waals surface area contributed by atoms with Crippen LogP contribution in [-0.2, 0) is 0 Å². The first-order chi connectivity index (χ1) is 14.3. The molecule has 0 radical (unpaired) electrons. The molecule has 0 saturated carbocycles. The third kappa shape index (κ3) is 4.65. The van der Waals surface area contributed by atoms with Crippen molar-refractivity contribution < 1.29 is 13.2 Å². The molecule has 1 N–H and O–H groups in total. The number of halogens is 3. The van der Waals surface area contributed by atoms with E-state index in [1.807, 2.05) is 12.1 Å². The molecule has 2 saturated heterocycles. The van der Waals surface area contributed by atoms with E-state index in [4.69, 9.17) is 10.2 Å². The molecule has 0 amide bonds. The van der Waals surface area contributed by atoms with Gasteiger partial charge in [0.05, 0.1) is 18.2 Å². The molecular formula is C21H23F3N6. The number of pyridine rings is 2. The van der Waals surface area contributed by atoms with Gasteiger partial charge in [-0.1, -0.05) is 6.92 Å². The number of nitrogens with one attached hydrogen (secondary N) is 1. The van der Waals surface area contributed by atoms with Crippen LogP contribution in [0.1, 0.15) is 30.4 Å². The monoisotopic (exact) mass is 416 g/mol. The van der Waals surface area contributed by atoms with Crippen LogP contribution in [0.2, 0.25) is 0 Å². The zero-order chi connectivity index (χ0) is 21.3. The van der Waals surface area contributed by atoms with Crippen molar-refractivity contribution in [1.29, 1.82) is 5.26 Å². The number of rotatable bonds is 6. The van der Waals surface area contributed by atoms with Gasteiger partial charge in [-0.05, 0) is 42.2 Å². The topological polar surface area (TPSA) is 68.1 Å². The van der Waals surface area contributed by atoms with Gasteiger partial charge in [0.25, 0.3) is 0 Å². The van der Waals surface area contributed by atoms with Crippen LogP contribution in [0, 0.1) is 17.2 Å². The van der Waals surface area contributed by atoms with Crippen LogP contribution in [-0.4, -0.2) is 53.8 Å². The van der Waals surface area contributed by atoms with Crippen LogP contribution < -0.4 is 10.2 Å². The Morgan fingerprint density at radius 3 is 2.60 bits per heavy atom. The highest BCUT2D eigenvalue weighted by Crippen LogP contribution is 2.35. The summed E-state index contributed by atoms with van der Waals surface area (Å²) in [6, 6.07) is 9.20. The molecule has 4 rings (SSSR count). The van der Waals surface area contributed by atoms with Crippen LogP contribution in [0.3, 0.4) is 0 Å². The van der Waals surface area contributed by atoms with E-state index in [-0.39, 0.29) is 5.92 Å². The third-order valence-corrected chi connectivity index (χ3v) is 5.67. The Morgan fingerprint density at radius 1 is 1.17 bits per heavy atom. The number of likely N-dealkylation sites (tertiary alicyclic amines) is 1. The van der Waals surface area contributed by atoms with Gasteiger partial charge in [-0.3, -0.25) is 4.90 Å². The summed E-state index contributed by atoms with van der Waals surface area (Å²) in [7, 11) is 0. The van der Waals surface area contributed by atoms with Crippen LogP contribution in [0.4, 0.5) is 30.6 Å². The Morgan fingerprint density at radius 2 is 1.93 bits per heavy atom. The number of nitriles is 1. The lowest BCUT2D eigenvalue weighted by molar-refractivity contribution is -0.154. The van der Waals surface area contributed by atoms with Crippen molar-refractivity contribution in [2.24, 2.45) is 5.92 Å². The van der Waals surface area contributed by atoms with Crippen molar-refractivity contribution >= 4 is 17.5 Å². The SMILES string of the molecule is CCC1CN(c2cc(C3CN(CC(F)(F)F)C3)cc(Nc3cc(C#N)ccn3)n2)C1. The minimum atomic E-state index is -4.18. The number of anilines is 3. The summed E-state index contributed by atoms with van der Waals surface area (Å²) in [5.74, 6) is 2.60. The van der Waals surface area contributed by atoms with Crippen LogP contribution in [0.15, 0.2) is 30.5 Å². The van der Waals surface area contributed by atoms with E-state index in [0.29, 0.717) is 36.2 Å². The van der Waals surface area contributed by atoms with Crippen LogP contribution in [0.5, 0.6) is 0 Å². The molecule has 0 aromatic carbocycles. The summed E-state index contributed by atoms with van der Waals surface area (Å²) >= 11 is 0. The average Bonchev–Trinajstić information content (AvgIpc) is 2.63. The maximum absolute atomic E-state index is 12.6. The summed E-state index contributed by atoms with van der Waals surface area (Å²) < 4.78 is 37.9. The molecule has 2 aromatic heterocycles. The van der Waals surface area contributed by atoms with Crippen molar-refractivity contribution in [2.75, 3.05) is 42.9 Å². The second kappa shape index (κ2) is 8.11. The largest absolute Gasteiger partial charge is 0.401 e. The second-order valence-electron chi connectivity index (χ2n) is 8.00. The molecular weight excluding hydrogens is 393 g/mol. The third-order valence-electron chi connectivity index (χ3n) is 5.67. The second-order valence-corrected chi connectivity index (χ2v) is 8.00. The van der Waals surface area contributed by atoms with Crippen molar-refractivity contribution in [3.8, 4) is 6.07 Å². The Labute approximate surface area is 173 Å². The lowest BCUT2D eigenvalue weighted by Crippen LogP contribution is -2.49. The lowest BCUT2D eigenvalue weighted by atomic mass is 9.91. The quantitative estimate of drug-likeness (QED) is 0.770. The molecule has 0 unspecified atom stereocenters. The first-order valence-corrected chi connectivity index (χ1v) is 10.0. The molecule has 2 aliphatic rings. The summed E-state index contributed by atoms with van der Waals surface area (Å²) in [5, 5.41) is 12.2. The molecule has 6 nitrogen and oxygen atoms in total. The van der Waals surface area contributed by atoms with E-state index in [2.05, 4.69) is 28.2 Å². The number of nitrogens with zero attached hydrogens (tertiary/aromatic N) is 5. The molecule has 2 aromatic rings. The van der Waals surface area contributed by atoms with Crippen LogP contribution >= 0.6 is 0 Å². The Balaban J connectivity index is 1.54. The van der Waals surface area contributed by atoms with Crippen LogP contribution in [0.25, 0.3) is 0 Å². The Kier molecular flexibility index (Phi) is 5.52. The fourth-order valence-corrected chi connectivity index (χ4v) is 3.88.